The summed E-state index contributed by atoms with van der Waals surface area (Å²) in [5.74, 6) is -0.722. The average molecular weight is 338 g/mol. The van der Waals surface area contributed by atoms with Gasteiger partial charge in [-0.2, -0.15) is 0 Å². The highest BCUT2D eigenvalue weighted by molar-refractivity contribution is 7.89. The van der Waals surface area contributed by atoms with Crippen molar-refractivity contribution >= 4 is 21.7 Å². The molecule has 0 amide bonds. The number of aromatic carboxylic acids is 1. The van der Waals surface area contributed by atoms with Gasteiger partial charge in [-0.15, -0.1) is 0 Å². The predicted molar refractivity (Wildman–Crippen MR) is 84.9 cm³/mol. The third-order valence-corrected chi connectivity index (χ3v) is 4.51. The number of carboxylic acids is 1. The molecular weight excluding hydrogens is 320 g/mol. The minimum absolute atomic E-state index is 0.00637. The fourth-order valence-electron chi connectivity index (χ4n) is 1.94. The van der Waals surface area contributed by atoms with Gasteiger partial charge in [-0.1, -0.05) is 6.92 Å². The maximum atomic E-state index is 12.3. The molecule has 1 heterocycles. The van der Waals surface area contributed by atoms with Crippen LogP contribution in [-0.4, -0.2) is 26.0 Å². The first-order chi connectivity index (χ1) is 10.9. The standard InChI is InChI=1S/C15H18N2O5S/c1-2-7-16-14-6-5-12(9-13(14)15(18)19)23(20,21)17-10-11-4-3-8-22-11/h3-6,8-9,16-17H,2,7,10H2,1H3,(H,18,19). The van der Waals surface area contributed by atoms with E-state index in [4.69, 9.17) is 4.42 Å². The van der Waals surface area contributed by atoms with Crippen molar-refractivity contribution in [2.24, 2.45) is 0 Å². The SMILES string of the molecule is CCCNc1ccc(S(=O)(=O)NCc2ccco2)cc1C(=O)O. The first-order valence-electron chi connectivity index (χ1n) is 7.07. The molecule has 0 unspecified atom stereocenters. The summed E-state index contributed by atoms with van der Waals surface area (Å²) >= 11 is 0. The highest BCUT2D eigenvalue weighted by Crippen LogP contribution is 2.21. The van der Waals surface area contributed by atoms with Gasteiger partial charge in [-0.25, -0.2) is 17.9 Å². The van der Waals surface area contributed by atoms with Crippen LogP contribution in [0.25, 0.3) is 0 Å². The molecule has 2 rings (SSSR count). The van der Waals surface area contributed by atoms with Gasteiger partial charge in [0.05, 0.1) is 23.3 Å². The second kappa shape index (κ2) is 7.30. The topological polar surface area (TPSA) is 109 Å². The Labute approximate surface area is 134 Å². The van der Waals surface area contributed by atoms with Gasteiger partial charge in [0.1, 0.15) is 5.76 Å². The highest BCUT2D eigenvalue weighted by Gasteiger charge is 2.19. The maximum Gasteiger partial charge on any atom is 0.337 e. The van der Waals surface area contributed by atoms with E-state index >= 15 is 0 Å². The van der Waals surface area contributed by atoms with Crippen LogP contribution in [-0.2, 0) is 16.6 Å². The summed E-state index contributed by atoms with van der Waals surface area (Å²) < 4.78 is 32.0. The van der Waals surface area contributed by atoms with Crippen molar-refractivity contribution in [3.8, 4) is 0 Å². The molecule has 7 nitrogen and oxygen atoms in total. The Morgan fingerprint density at radius 3 is 2.70 bits per heavy atom. The fourth-order valence-corrected chi connectivity index (χ4v) is 2.96. The number of benzene rings is 1. The van der Waals surface area contributed by atoms with E-state index in [0.29, 0.717) is 18.0 Å². The summed E-state index contributed by atoms with van der Waals surface area (Å²) in [7, 11) is -3.83. The van der Waals surface area contributed by atoms with Gasteiger partial charge in [0.15, 0.2) is 0 Å². The van der Waals surface area contributed by atoms with E-state index in [1.807, 2.05) is 6.92 Å². The molecule has 0 atom stereocenters. The van der Waals surface area contributed by atoms with E-state index in [1.165, 1.54) is 18.4 Å². The zero-order chi connectivity index (χ0) is 16.9. The fraction of sp³-hybridized carbons (Fsp3) is 0.267. The molecule has 0 aliphatic heterocycles. The van der Waals surface area contributed by atoms with E-state index in [2.05, 4.69) is 10.0 Å². The zero-order valence-corrected chi connectivity index (χ0v) is 13.4. The van der Waals surface area contributed by atoms with Gasteiger partial charge in [0.25, 0.3) is 0 Å². The molecule has 0 fully saturated rings. The van der Waals surface area contributed by atoms with Crippen molar-refractivity contribution < 1.29 is 22.7 Å². The molecule has 1 aromatic heterocycles. The van der Waals surface area contributed by atoms with Gasteiger partial charge < -0.3 is 14.8 Å². The van der Waals surface area contributed by atoms with Crippen LogP contribution in [0.2, 0.25) is 0 Å². The van der Waals surface area contributed by atoms with E-state index in [0.717, 1.165) is 12.5 Å². The Kier molecular flexibility index (Phi) is 5.41. The minimum Gasteiger partial charge on any atom is -0.478 e. The number of nitrogens with one attached hydrogen (secondary N) is 2. The summed E-state index contributed by atoms with van der Waals surface area (Å²) in [4.78, 5) is 11.2. The monoisotopic (exact) mass is 338 g/mol. The van der Waals surface area contributed by atoms with Crippen LogP contribution in [0.3, 0.4) is 0 Å². The maximum absolute atomic E-state index is 12.3. The normalized spacial score (nSPS) is 11.3. The van der Waals surface area contributed by atoms with Crippen molar-refractivity contribution in [3.63, 3.8) is 0 Å². The number of carboxylic acid groups (broad SMARTS) is 1. The molecule has 1 aromatic carbocycles. The van der Waals surface area contributed by atoms with Gasteiger partial charge in [-0.05, 0) is 36.8 Å². The van der Waals surface area contributed by atoms with Crippen LogP contribution in [0.15, 0.2) is 45.9 Å². The third-order valence-electron chi connectivity index (χ3n) is 3.11. The first kappa shape index (κ1) is 17.0. The summed E-state index contributed by atoms with van der Waals surface area (Å²) in [5, 5.41) is 12.2. The van der Waals surface area contributed by atoms with Crippen LogP contribution in [0.1, 0.15) is 29.5 Å². The molecule has 2 aromatic rings. The van der Waals surface area contributed by atoms with Crippen molar-refractivity contribution in [1.82, 2.24) is 4.72 Å². The van der Waals surface area contributed by atoms with Crippen LogP contribution < -0.4 is 10.0 Å². The summed E-state index contributed by atoms with van der Waals surface area (Å²) in [6.45, 7) is 2.54. The molecule has 0 radical (unpaired) electrons. The molecule has 0 aliphatic rings. The van der Waals surface area contributed by atoms with Crippen molar-refractivity contribution in [2.45, 2.75) is 24.8 Å². The number of hydrogen-bond donors (Lipinski definition) is 3. The number of carbonyl (C=O) groups is 1. The summed E-state index contributed by atoms with van der Waals surface area (Å²) in [6.07, 6.45) is 2.27. The molecule has 0 aliphatic carbocycles. The van der Waals surface area contributed by atoms with Crippen molar-refractivity contribution in [1.29, 1.82) is 0 Å². The summed E-state index contributed by atoms with van der Waals surface area (Å²) in [6, 6.07) is 7.27. The smallest absolute Gasteiger partial charge is 0.337 e. The lowest BCUT2D eigenvalue weighted by molar-refractivity contribution is 0.0697. The van der Waals surface area contributed by atoms with E-state index < -0.39 is 16.0 Å². The lowest BCUT2D eigenvalue weighted by atomic mass is 10.2. The zero-order valence-electron chi connectivity index (χ0n) is 12.6. The quantitative estimate of drug-likeness (QED) is 0.681. The molecular formula is C15H18N2O5S. The van der Waals surface area contributed by atoms with Crippen molar-refractivity contribution in [2.75, 3.05) is 11.9 Å². The van der Waals surface area contributed by atoms with E-state index in [9.17, 15) is 18.3 Å². The number of furan rings is 1. The van der Waals surface area contributed by atoms with Crippen LogP contribution >= 0.6 is 0 Å². The second-order valence-electron chi connectivity index (χ2n) is 4.84. The molecule has 0 saturated heterocycles. The second-order valence-corrected chi connectivity index (χ2v) is 6.61. The highest BCUT2D eigenvalue weighted by atomic mass is 32.2. The molecule has 8 heteroatoms. The van der Waals surface area contributed by atoms with Crippen LogP contribution in [0.5, 0.6) is 0 Å². The molecule has 124 valence electrons. The van der Waals surface area contributed by atoms with Gasteiger partial charge in [0.2, 0.25) is 10.0 Å². The van der Waals surface area contributed by atoms with Gasteiger partial charge >= 0.3 is 5.97 Å². The lowest BCUT2D eigenvalue weighted by Crippen LogP contribution is -2.23. The number of sulfonamides is 1. The lowest BCUT2D eigenvalue weighted by Gasteiger charge is -2.11. The van der Waals surface area contributed by atoms with Crippen LogP contribution in [0, 0.1) is 0 Å². The van der Waals surface area contributed by atoms with E-state index in [1.54, 1.807) is 12.1 Å². The molecule has 0 bridgehead atoms. The number of anilines is 1. The van der Waals surface area contributed by atoms with Gasteiger partial charge in [-0.3, -0.25) is 0 Å². The molecule has 0 spiro atoms. The first-order valence-corrected chi connectivity index (χ1v) is 8.55. The Morgan fingerprint density at radius 2 is 2.09 bits per heavy atom. The molecule has 3 N–H and O–H groups in total. The largest absolute Gasteiger partial charge is 0.478 e. The summed E-state index contributed by atoms with van der Waals surface area (Å²) in [5.41, 5.74) is 0.309. The minimum atomic E-state index is -3.83. The number of rotatable bonds is 8. The Bertz CT molecular complexity index is 769. The number of hydrogen-bond acceptors (Lipinski definition) is 5. The van der Waals surface area contributed by atoms with Crippen LogP contribution in [0.4, 0.5) is 5.69 Å². The Hall–Kier alpha value is -2.32. The predicted octanol–water partition coefficient (Wildman–Crippen LogP) is 2.28. The molecule has 23 heavy (non-hydrogen) atoms. The molecule has 0 saturated carbocycles. The Morgan fingerprint density at radius 1 is 1.30 bits per heavy atom. The third kappa shape index (κ3) is 4.33. The average Bonchev–Trinajstić information content (AvgIpc) is 3.04. The van der Waals surface area contributed by atoms with E-state index in [-0.39, 0.29) is 17.0 Å². The Balaban J connectivity index is 2.24. The van der Waals surface area contributed by atoms with Gasteiger partial charge in [0, 0.05) is 12.2 Å². The van der Waals surface area contributed by atoms with Crippen molar-refractivity contribution in [3.05, 3.63) is 47.9 Å².